The van der Waals surface area contributed by atoms with Crippen LogP contribution in [0.5, 0.6) is 0 Å². The first-order chi connectivity index (χ1) is 5.38. The van der Waals surface area contributed by atoms with E-state index in [1.54, 1.807) is 0 Å². The zero-order chi connectivity index (χ0) is 9.41. The SMILES string of the molecule is O=C1OCCCC(Br)(Br)C1(Br)Br. The second-order valence-electron chi connectivity index (χ2n) is 2.52. The minimum absolute atomic E-state index is 0.311. The number of rotatable bonds is 0. The molecule has 0 aromatic heterocycles. The molecule has 0 aromatic rings. The number of halogens is 4. The van der Waals surface area contributed by atoms with Gasteiger partial charge in [0.2, 0.25) is 3.23 Å². The van der Waals surface area contributed by atoms with Crippen molar-refractivity contribution in [3.8, 4) is 0 Å². The lowest BCUT2D eigenvalue weighted by atomic mass is 10.2. The van der Waals surface area contributed by atoms with E-state index in [0.29, 0.717) is 6.61 Å². The molecule has 0 aliphatic carbocycles. The summed E-state index contributed by atoms with van der Waals surface area (Å²) in [4.78, 5) is 11.4. The van der Waals surface area contributed by atoms with Gasteiger partial charge in [0.15, 0.2) is 0 Å². The van der Waals surface area contributed by atoms with Crippen molar-refractivity contribution < 1.29 is 9.53 Å². The summed E-state index contributed by atoms with van der Waals surface area (Å²) in [6, 6.07) is 0. The Morgan fingerprint density at radius 3 is 2.42 bits per heavy atom. The number of esters is 1. The second-order valence-corrected chi connectivity index (χ2v) is 9.73. The minimum atomic E-state index is -0.885. The maximum atomic E-state index is 11.4. The topological polar surface area (TPSA) is 26.3 Å². The summed E-state index contributed by atoms with van der Waals surface area (Å²) < 4.78 is 3.59. The van der Waals surface area contributed by atoms with E-state index in [2.05, 4.69) is 63.7 Å². The Balaban J connectivity index is 2.94. The monoisotopic (exact) mass is 426 g/mol. The molecule has 0 unspecified atom stereocenters. The van der Waals surface area contributed by atoms with Crippen molar-refractivity contribution in [3.63, 3.8) is 0 Å². The highest BCUT2D eigenvalue weighted by Crippen LogP contribution is 2.52. The third-order valence-corrected chi connectivity index (χ3v) is 7.70. The van der Waals surface area contributed by atoms with Crippen LogP contribution in [-0.4, -0.2) is 19.0 Å². The van der Waals surface area contributed by atoms with Crippen molar-refractivity contribution >= 4 is 69.7 Å². The van der Waals surface area contributed by atoms with Gasteiger partial charge in [-0.1, -0.05) is 63.7 Å². The quantitative estimate of drug-likeness (QED) is 0.436. The molecule has 70 valence electrons. The van der Waals surface area contributed by atoms with Gasteiger partial charge < -0.3 is 4.74 Å². The Bertz CT molecular complexity index is 202. The number of carbonyl (C=O) groups excluding carboxylic acids is 1. The highest BCUT2D eigenvalue weighted by Gasteiger charge is 2.53. The van der Waals surface area contributed by atoms with Gasteiger partial charge in [0.25, 0.3) is 0 Å². The number of ether oxygens (including phenoxy) is 1. The van der Waals surface area contributed by atoms with Crippen molar-refractivity contribution in [2.45, 2.75) is 19.3 Å². The fourth-order valence-corrected chi connectivity index (χ4v) is 2.37. The standard InChI is InChI=1S/C6H6Br4O2/c7-5(8)2-1-3-12-4(11)6(5,9)10/h1-3H2. The van der Waals surface area contributed by atoms with Gasteiger partial charge in [-0.3, -0.25) is 0 Å². The van der Waals surface area contributed by atoms with Gasteiger partial charge in [-0.15, -0.1) is 0 Å². The molecule has 0 radical (unpaired) electrons. The highest BCUT2D eigenvalue weighted by atomic mass is 79.9. The summed E-state index contributed by atoms with van der Waals surface area (Å²) in [6.07, 6.45) is 1.64. The van der Waals surface area contributed by atoms with E-state index in [1.807, 2.05) is 0 Å². The summed E-state index contributed by atoms with van der Waals surface area (Å²) in [6.45, 7) is 0.469. The molecule has 1 heterocycles. The average Bonchev–Trinajstić information content (AvgIpc) is 2.02. The third kappa shape index (κ3) is 2.07. The molecule has 12 heavy (non-hydrogen) atoms. The van der Waals surface area contributed by atoms with E-state index in [1.165, 1.54) is 0 Å². The Hall–Kier alpha value is 1.39. The molecule has 0 N–H and O–H groups in total. The van der Waals surface area contributed by atoms with Gasteiger partial charge in [0.1, 0.15) is 3.23 Å². The molecule has 0 aromatic carbocycles. The van der Waals surface area contributed by atoms with E-state index in [9.17, 15) is 4.79 Å². The number of carbonyl (C=O) groups is 1. The van der Waals surface area contributed by atoms with Crippen LogP contribution in [0.1, 0.15) is 12.8 Å². The largest absolute Gasteiger partial charge is 0.464 e. The smallest absolute Gasteiger partial charge is 0.336 e. The van der Waals surface area contributed by atoms with Crippen LogP contribution in [-0.2, 0) is 9.53 Å². The molecule has 1 saturated heterocycles. The fraction of sp³-hybridized carbons (Fsp3) is 0.833. The van der Waals surface area contributed by atoms with E-state index in [0.717, 1.165) is 12.8 Å². The van der Waals surface area contributed by atoms with Crippen molar-refractivity contribution in [3.05, 3.63) is 0 Å². The van der Waals surface area contributed by atoms with Crippen LogP contribution >= 0.6 is 63.7 Å². The zero-order valence-corrected chi connectivity index (χ0v) is 12.3. The number of cyclic esters (lactones) is 1. The predicted molar refractivity (Wildman–Crippen MR) is 61.4 cm³/mol. The molecule has 0 atom stereocenters. The van der Waals surface area contributed by atoms with Crippen LogP contribution in [0.4, 0.5) is 0 Å². The summed E-state index contributed by atoms with van der Waals surface area (Å²) in [5.41, 5.74) is 0. The van der Waals surface area contributed by atoms with Crippen LogP contribution < -0.4 is 0 Å². The molecule has 0 bridgehead atoms. The van der Waals surface area contributed by atoms with E-state index in [-0.39, 0.29) is 5.97 Å². The van der Waals surface area contributed by atoms with Gasteiger partial charge in [-0.25, -0.2) is 4.79 Å². The fourth-order valence-electron chi connectivity index (χ4n) is 0.856. The lowest BCUT2D eigenvalue weighted by Crippen LogP contribution is -2.40. The molecule has 6 heteroatoms. The second kappa shape index (κ2) is 3.87. The molecule has 1 rings (SSSR count). The predicted octanol–water partition coefficient (Wildman–Crippen LogP) is 3.30. The zero-order valence-electron chi connectivity index (χ0n) is 5.95. The number of hydrogen-bond acceptors (Lipinski definition) is 2. The number of alkyl halides is 4. The van der Waals surface area contributed by atoms with Crippen molar-refractivity contribution in [1.29, 1.82) is 0 Å². The molecule has 2 nitrogen and oxygen atoms in total. The van der Waals surface area contributed by atoms with Crippen LogP contribution in [0.3, 0.4) is 0 Å². The van der Waals surface area contributed by atoms with Crippen molar-refractivity contribution in [1.82, 2.24) is 0 Å². The molecular weight excluding hydrogens is 424 g/mol. The molecule has 1 aliphatic heterocycles. The summed E-state index contributed by atoms with van der Waals surface area (Å²) in [5, 5.41) is 0. The van der Waals surface area contributed by atoms with Gasteiger partial charge in [0, 0.05) is 0 Å². The number of hydrogen-bond donors (Lipinski definition) is 0. The molecule has 1 aliphatic rings. The van der Waals surface area contributed by atoms with E-state index in [4.69, 9.17) is 4.74 Å². The maximum Gasteiger partial charge on any atom is 0.336 e. The van der Waals surface area contributed by atoms with Gasteiger partial charge in [-0.05, 0) is 12.8 Å². The van der Waals surface area contributed by atoms with Crippen molar-refractivity contribution in [2.24, 2.45) is 0 Å². The molecule has 0 amide bonds. The first kappa shape index (κ1) is 11.5. The Morgan fingerprint density at radius 2 is 1.83 bits per heavy atom. The molecule has 0 spiro atoms. The lowest BCUT2D eigenvalue weighted by Gasteiger charge is -2.29. The Morgan fingerprint density at radius 1 is 1.25 bits per heavy atom. The van der Waals surface area contributed by atoms with Gasteiger partial charge in [-0.2, -0.15) is 0 Å². The first-order valence-electron chi connectivity index (χ1n) is 3.31. The Labute approximate surface area is 104 Å². The van der Waals surface area contributed by atoms with Crippen LogP contribution in [0.25, 0.3) is 0 Å². The normalized spacial score (nSPS) is 27.5. The van der Waals surface area contributed by atoms with E-state index >= 15 is 0 Å². The summed E-state index contributed by atoms with van der Waals surface area (Å²) in [5.74, 6) is -0.311. The molecular formula is C6H6Br4O2. The van der Waals surface area contributed by atoms with E-state index < -0.39 is 6.47 Å². The average molecular weight is 430 g/mol. The van der Waals surface area contributed by atoms with Crippen LogP contribution in [0.15, 0.2) is 0 Å². The minimum Gasteiger partial charge on any atom is -0.464 e. The highest BCUT2D eigenvalue weighted by molar-refractivity contribution is 9.30. The van der Waals surface area contributed by atoms with Crippen LogP contribution in [0.2, 0.25) is 0 Å². The third-order valence-electron chi connectivity index (χ3n) is 1.58. The molecule has 1 fully saturated rings. The van der Waals surface area contributed by atoms with Gasteiger partial charge >= 0.3 is 5.97 Å². The molecule has 0 saturated carbocycles. The van der Waals surface area contributed by atoms with Crippen molar-refractivity contribution in [2.75, 3.05) is 6.61 Å². The summed E-state index contributed by atoms with van der Waals surface area (Å²) in [7, 11) is 0. The maximum absolute atomic E-state index is 11.4. The first-order valence-corrected chi connectivity index (χ1v) is 6.48. The van der Waals surface area contributed by atoms with Crippen LogP contribution in [0, 0.1) is 0 Å². The lowest BCUT2D eigenvalue weighted by molar-refractivity contribution is -0.142. The van der Waals surface area contributed by atoms with Gasteiger partial charge in [0.05, 0.1) is 6.61 Å². The summed E-state index contributed by atoms with van der Waals surface area (Å²) >= 11 is 13.4. The Kier molecular flexibility index (Phi) is 3.69.